The minimum absolute atomic E-state index is 1.24. The van der Waals surface area contributed by atoms with Gasteiger partial charge in [0.2, 0.25) is 0 Å². The smallest absolute Gasteiger partial charge is 0.00266 e. The molecule has 9 aromatic rings. The van der Waals surface area contributed by atoms with E-state index in [0.717, 1.165) is 0 Å². The van der Waals surface area contributed by atoms with E-state index in [1.54, 1.807) is 0 Å². The Morgan fingerprint density at radius 3 is 1.31 bits per heavy atom. The molecular weight excluding hydrogens is 504 g/mol. The second-order valence-corrected chi connectivity index (χ2v) is 11.4. The van der Waals surface area contributed by atoms with Crippen molar-refractivity contribution in [2.75, 3.05) is 0 Å². The second-order valence-electron chi connectivity index (χ2n) is 11.4. The number of benzene rings is 9. The van der Waals surface area contributed by atoms with Crippen LogP contribution < -0.4 is 0 Å². The lowest BCUT2D eigenvalue weighted by Gasteiger charge is -2.11. The normalized spacial score (nSPS) is 11.8. The van der Waals surface area contributed by atoms with Crippen LogP contribution >= 0.6 is 0 Å². The Labute approximate surface area is 244 Å². The predicted octanol–water partition coefficient (Wildman–Crippen LogP) is 11.9. The van der Waals surface area contributed by atoms with Gasteiger partial charge in [0.1, 0.15) is 0 Å². The molecule has 194 valence electrons. The third-order valence-electron chi connectivity index (χ3n) is 8.98. The largest absolute Gasteiger partial charge is 0.0616 e. The molecule has 0 atom stereocenters. The number of hydrogen-bond donors (Lipinski definition) is 0. The number of fused-ring (bicyclic) bond motifs is 9. The first kappa shape index (κ1) is 23.3. The van der Waals surface area contributed by atoms with Crippen LogP contribution in [0.15, 0.2) is 158 Å². The third-order valence-corrected chi connectivity index (χ3v) is 8.98. The molecule has 9 rings (SSSR count). The van der Waals surface area contributed by atoms with Crippen LogP contribution in [0.25, 0.3) is 86.9 Å². The van der Waals surface area contributed by atoms with Crippen molar-refractivity contribution in [2.45, 2.75) is 0 Å². The van der Waals surface area contributed by atoms with Gasteiger partial charge in [-0.2, -0.15) is 0 Å². The highest BCUT2D eigenvalue weighted by molar-refractivity contribution is 6.20. The fraction of sp³-hybridized carbons (Fsp3) is 0. The van der Waals surface area contributed by atoms with Gasteiger partial charge in [0, 0.05) is 0 Å². The molecule has 0 nitrogen and oxygen atoms in total. The molecule has 0 radical (unpaired) electrons. The van der Waals surface area contributed by atoms with Gasteiger partial charge in [-0.25, -0.2) is 0 Å². The summed E-state index contributed by atoms with van der Waals surface area (Å²) in [5.74, 6) is 0. The summed E-state index contributed by atoms with van der Waals surface area (Å²) in [7, 11) is 0. The Hall–Kier alpha value is -5.46. The van der Waals surface area contributed by atoms with E-state index in [1.807, 2.05) is 0 Å². The minimum Gasteiger partial charge on any atom is -0.0616 e. The summed E-state index contributed by atoms with van der Waals surface area (Å²) in [6.07, 6.45) is 0. The van der Waals surface area contributed by atoms with Gasteiger partial charge >= 0.3 is 0 Å². The van der Waals surface area contributed by atoms with E-state index in [0.29, 0.717) is 0 Å². The lowest BCUT2D eigenvalue weighted by molar-refractivity contribution is 1.66. The zero-order chi connectivity index (χ0) is 27.6. The zero-order valence-corrected chi connectivity index (χ0v) is 23.0. The maximum atomic E-state index is 2.37. The van der Waals surface area contributed by atoms with Crippen molar-refractivity contribution in [1.82, 2.24) is 0 Å². The van der Waals surface area contributed by atoms with E-state index in [9.17, 15) is 0 Å². The summed E-state index contributed by atoms with van der Waals surface area (Å²) >= 11 is 0. The van der Waals surface area contributed by atoms with E-state index in [-0.39, 0.29) is 0 Å². The lowest BCUT2D eigenvalue weighted by atomic mass is 9.93. The highest BCUT2D eigenvalue weighted by Crippen LogP contribution is 2.36. The van der Waals surface area contributed by atoms with Crippen molar-refractivity contribution in [2.24, 2.45) is 0 Å². The molecule has 0 unspecified atom stereocenters. The lowest BCUT2D eigenvalue weighted by Crippen LogP contribution is -1.85. The molecule has 0 aliphatic rings. The Morgan fingerprint density at radius 1 is 0.214 bits per heavy atom. The summed E-state index contributed by atoms with van der Waals surface area (Å²) in [6, 6.07) is 58.2. The molecule has 0 heterocycles. The molecule has 0 N–H and O–H groups in total. The van der Waals surface area contributed by atoms with Gasteiger partial charge in [0.25, 0.3) is 0 Å². The van der Waals surface area contributed by atoms with Crippen molar-refractivity contribution in [3.05, 3.63) is 158 Å². The maximum absolute atomic E-state index is 2.37. The number of hydrogen-bond acceptors (Lipinski definition) is 0. The number of rotatable bonds is 2. The fourth-order valence-corrected chi connectivity index (χ4v) is 6.80. The van der Waals surface area contributed by atoms with Crippen LogP contribution in [0.4, 0.5) is 0 Å². The van der Waals surface area contributed by atoms with E-state index in [2.05, 4.69) is 158 Å². The molecule has 0 spiro atoms. The second kappa shape index (κ2) is 9.03. The minimum atomic E-state index is 1.24. The SMILES string of the molecule is c1ccc2c(c1)ccc1cc(-c3ccc4cc(-c5ccc6ccc7ccc8ccccc8c7c6c5)ccc4c3)ccc12. The Balaban J connectivity index is 1.14. The first-order valence-corrected chi connectivity index (χ1v) is 14.6. The maximum Gasteiger partial charge on any atom is -0.00266 e. The summed E-state index contributed by atoms with van der Waals surface area (Å²) in [4.78, 5) is 0. The summed E-state index contributed by atoms with van der Waals surface area (Å²) in [5, 5.41) is 15.5. The van der Waals surface area contributed by atoms with Crippen LogP contribution in [-0.4, -0.2) is 0 Å². The molecular formula is C42H26. The Morgan fingerprint density at radius 2 is 0.619 bits per heavy atom. The van der Waals surface area contributed by atoms with Gasteiger partial charge in [-0.3, -0.25) is 0 Å². The zero-order valence-electron chi connectivity index (χ0n) is 23.0. The topological polar surface area (TPSA) is 0 Å². The molecule has 0 aliphatic heterocycles. The first-order valence-electron chi connectivity index (χ1n) is 14.6. The molecule has 0 amide bonds. The van der Waals surface area contributed by atoms with Gasteiger partial charge < -0.3 is 0 Å². The summed E-state index contributed by atoms with van der Waals surface area (Å²) in [5.41, 5.74) is 4.98. The molecule has 0 heteroatoms. The average Bonchev–Trinajstić information content (AvgIpc) is 3.07. The monoisotopic (exact) mass is 530 g/mol. The fourth-order valence-electron chi connectivity index (χ4n) is 6.80. The van der Waals surface area contributed by atoms with Crippen molar-refractivity contribution >= 4 is 64.6 Å². The summed E-state index contributed by atoms with van der Waals surface area (Å²) in [6.45, 7) is 0. The molecule has 0 aliphatic carbocycles. The van der Waals surface area contributed by atoms with Crippen molar-refractivity contribution in [3.8, 4) is 22.3 Å². The molecule has 0 saturated carbocycles. The highest BCUT2D eigenvalue weighted by atomic mass is 14.1. The van der Waals surface area contributed by atoms with E-state index in [4.69, 9.17) is 0 Å². The Kier molecular flexibility index (Phi) is 5.00. The first-order chi connectivity index (χ1) is 20.8. The van der Waals surface area contributed by atoms with Crippen LogP contribution in [0.3, 0.4) is 0 Å². The average molecular weight is 531 g/mol. The molecule has 42 heavy (non-hydrogen) atoms. The molecule has 0 aromatic heterocycles. The van der Waals surface area contributed by atoms with Crippen LogP contribution in [0.2, 0.25) is 0 Å². The molecule has 0 saturated heterocycles. The van der Waals surface area contributed by atoms with Crippen molar-refractivity contribution in [3.63, 3.8) is 0 Å². The summed E-state index contributed by atoms with van der Waals surface area (Å²) < 4.78 is 0. The van der Waals surface area contributed by atoms with Crippen LogP contribution in [0, 0.1) is 0 Å². The van der Waals surface area contributed by atoms with E-state index < -0.39 is 0 Å². The van der Waals surface area contributed by atoms with Gasteiger partial charge in [-0.1, -0.05) is 133 Å². The van der Waals surface area contributed by atoms with Crippen LogP contribution in [0.1, 0.15) is 0 Å². The van der Waals surface area contributed by atoms with Gasteiger partial charge in [0.15, 0.2) is 0 Å². The van der Waals surface area contributed by atoms with Crippen molar-refractivity contribution < 1.29 is 0 Å². The van der Waals surface area contributed by atoms with Gasteiger partial charge in [-0.05, 0) is 111 Å². The van der Waals surface area contributed by atoms with Gasteiger partial charge in [0.05, 0.1) is 0 Å². The highest BCUT2D eigenvalue weighted by Gasteiger charge is 2.09. The Bertz CT molecular complexity index is 2510. The van der Waals surface area contributed by atoms with Crippen LogP contribution in [-0.2, 0) is 0 Å². The van der Waals surface area contributed by atoms with Crippen LogP contribution in [0.5, 0.6) is 0 Å². The van der Waals surface area contributed by atoms with E-state index >= 15 is 0 Å². The third kappa shape index (κ3) is 3.62. The van der Waals surface area contributed by atoms with Gasteiger partial charge in [-0.15, -0.1) is 0 Å². The van der Waals surface area contributed by atoms with Crippen molar-refractivity contribution in [1.29, 1.82) is 0 Å². The molecule has 9 aromatic carbocycles. The molecule has 0 fully saturated rings. The standard InChI is InChI=1S/C42H26/c1-3-7-38-27(5-1)12-20-37-25-35(21-22-39(37)38)33-17-16-32-24-34(19-18-31(32)23-33)36-15-11-29-10-14-30-13-9-28-6-2-4-8-40(28)42(30)41(29)26-36/h1-26H. The quantitative estimate of drug-likeness (QED) is 0.195. The van der Waals surface area contributed by atoms with E-state index in [1.165, 1.54) is 86.9 Å². The molecule has 0 bridgehead atoms. The predicted molar refractivity (Wildman–Crippen MR) is 182 cm³/mol.